The molecule has 1 fully saturated rings. The largest absolute Gasteiger partial charge is 0.444 e. The highest BCUT2D eigenvalue weighted by molar-refractivity contribution is 5.68. The van der Waals surface area contributed by atoms with E-state index in [1.54, 1.807) is 0 Å². The molecular formula is C15H26N2O2. The molecule has 1 heterocycles. The van der Waals surface area contributed by atoms with Gasteiger partial charge in [-0.05, 0) is 46.5 Å². The molecule has 0 radical (unpaired) electrons. The van der Waals surface area contributed by atoms with Gasteiger partial charge in [0.1, 0.15) is 5.60 Å². The van der Waals surface area contributed by atoms with Gasteiger partial charge < -0.3 is 15.0 Å². The molecule has 1 aliphatic heterocycles. The van der Waals surface area contributed by atoms with Crippen LogP contribution in [0.25, 0.3) is 0 Å². The van der Waals surface area contributed by atoms with Gasteiger partial charge in [-0.15, -0.1) is 6.42 Å². The van der Waals surface area contributed by atoms with Crippen molar-refractivity contribution in [3.63, 3.8) is 0 Å². The van der Waals surface area contributed by atoms with Crippen LogP contribution in [0.4, 0.5) is 4.79 Å². The molecule has 0 bridgehead atoms. The number of piperidine rings is 1. The predicted octanol–water partition coefficient (Wildman–Crippen LogP) is 2.24. The summed E-state index contributed by atoms with van der Waals surface area (Å²) in [5, 5.41) is 3.29. The summed E-state index contributed by atoms with van der Waals surface area (Å²) in [6.07, 6.45) is 7.19. The number of likely N-dealkylation sites (tertiary alicyclic amines) is 1. The Kier molecular flexibility index (Phi) is 5.68. The van der Waals surface area contributed by atoms with Crippen LogP contribution in [-0.2, 0) is 4.74 Å². The number of carbonyl (C=O) groups is 1. The smallest absolute Gasteiger partial charge is 0.410 e. The minimum absolute atomic E-state index is 0.207. The maximum Gasteiger partial charge on any atom is 0.410 e. The van der Waals surface area contributed by atoms with Crippen molar-refractivity contribution in [3.8, 4) is 12.3 Å². The fourth-order valence-corrected chi connectivity index (χ4v) is 2.30. The molecule has 4 nitrogen and oxygen atoms in total. The molecule has 0 saturated carbocycles. The summed E-state index contributed by atoms with van der Waals surface area (Å²) in [5.74, 6) is 3.03. The van der Waals surface area contributed by atoms with Gasteiger partial charge in [0.2, 0.25) is 0 Å². The lowest BCUT2D eigenvalue weighted by Gasteiger charge is -2.36. The molecule has 1 rings (SSSR count). The number of nitrogens with zero attached hydrogens (tertiary/aromatic N) is 1. The summed E-state index contributed by atoms with van der Waals surface area (Å²) < 4.78 is 5.42. The van der Waals surface area contributed by atoms with Gasteiger partial charge in [0.25, 0.3) is 0 Å². The van der Waals surface area contributed by atoms with Crippen LogP contribution in [0, 0.1) is 18.3 Å². The van der Waals surface area contributed by atoms with E-state index in [0.717, 1.165) is 25.9 Å². The number of hydrogen-bond acceptors (Lipinski definition) is 3. The summed E-state index contributed by atoms with van der Waals surface area (Å²) in [7, 11) is 0. The molecule has 0 aromatic rings. The maximum absolute atomic E-state index is 12.0. The third-order valence-electron chi connectivity index (χ3n) is 3.34. The lowest BCUT2D eigenvalue weighted by molar-refractivity contribution is 0.0149. The number of terminal acetylenes is 1. The number of carbonyl (C=O) groups excluding carboxylic acids is 1. The normalized spacial score (nSPS) is 21.6. The summed E-state index contributed by atoms with van der Waals surface area (Å²) in [6, 6.07) is 0.321. The van der Waals surface area contributed by atoms with E-state index in [-0.39, 0.29) is 6.09 Å². The Hall–Kier alpha value is -1.21. The Bertz CT molecular complexity index is 341. The second-order valence-corrected chi connectivity index (χ2v) is 6.20. The van der Waals surface area contributed by atoms with Crippen LogP contribution >= 0.6 is 0 Å². The minimum atomic E-state index is -0.433. The second kappa shape index (κ2) is 6.81. The summed E-state index contributed by atoms with van der Waals surface area (Å²) in [5.41, 5.74) is -0.433. The minimum Gasteiger partial charge on any atom is -0.444 e. The number of ether oxygens (including phenoxy) is 1. The van der Waals surface area contributed by atoms with E-state index in [4.69, 9.17) is 11.2 Å². The molecule has 0 aromatic heterocycles. The van der Waals surface area contributed by atoms with E-state index in [0.29, 0.717) is 18.5 Å². The van der Waals surface area contributed by atoms with Crippen molar-refractivity contribution in [2.45, 2.75) is 52.2 Å². The Morgan fingerprint density at radius 2 is 2.26 bits per heavy atom. The fourth-order valence-electron chi connectivity index (χ4n) is 2.30. The molecule has 108 valence electrons. The zero-order valence-corrected chi connectivity index (χ0v) is 12.5. The van der Waals surface area contributed by atoms with Crippen LogP contribution < -0.4 is 5.32 Å². The quantitative estimate of drug-likeness (QED) is 0.797. The first-order chi connectivity index (χ1) is 8.83. The molecule has 0 aliphatic carbocycles. The zero-order valence-electron chi connectivity index (χ0n) is 12.5. The van der Waals surface area contributed by atoms with Crippen molar-refractivity contribution < 1.29 is 9.53 Å². The van der Waals surface area contributed by atoms with Crippen molar-refractivity contribution in [3.05, 3.63) is 0 Å². The molecule has 19 heavy (non-hydrogen) atoms. The average Bonchev–Trinajstić information content (AvgIpc) is 2.34. The standard InChI is InChI=1S/C15H26N2O2/c1-6-9-16-12(2)13-8-7-10-17(11-13)14(18)19-15(3,4)5/h1,12-13,16H,7-11H2,2-5H3. The second-order valence-electron chi connectivity index (χ2n) is 6.20. The van der Waals surface area contributed by atoms with E-state index < -0.39 is 5.60 Å². The van der Waals surface area contributed by atoms with Gasteiger partial charge in [0, 0.05) is 19.1 Å². The molecular weight excluding hydrogens is 240 g/mol. The molecule has 2 atom stereocenters. The number of nitrogens with one attached hydrogen (secondary N) is 1. The monoisotopic (exact) mass is 266 g/mol. The molecule has 4 heteroatoms. The van der Waals surface area contributed by atoms with Gasteiger partial charge in [-0.3, -0.25) is 0 Å². The molecule has 1 saturated heterocycles. The van der Waals surface area contributed by atoms with E-state index in [1.807, 2.05) is 25.7 Å². The molecule has 1 amide bonds. The third-order valence-corrected chi connectivity index (χ3v) is 3.34. The van der Waals surface area contributed by atoms with Crippen LogP contribution in [0.15, 0.2) is 0 Å². The first-order valence-corrected chi connectivity index (χ1v) is 6.98. The molecule has 0 aromatic carbocycles. The fraction of sp³-hybridized carbons (Fsp3) is 0.800. The van der Waals surface area contributed by atoms with Crippen LogP contribution in [0.2, 0.25) is 0 Å². The van der Waals surface area contributed by atoms with Crippen LogP contribution in [-0.4, -0.2) is 42.3 Å². The summed E-state index contributed by atoms with van der Waals surface area (Å²) in [4.78, 5) is 13.9. The highest BCUT2D eigenvalue weighted by atomic mass is 16.6. The van der Waals surface area contributed by atoms with Crippen LogP contribution in [0.1, 0.15) is 40.5 Å². The van der Waals surface area contributed by atoms with Gasteiger partial charge in [-0.2, -0.15) is 0 Å². The first kappa shape index (κ1) is 15.8. The summed E-state index contributed by atoms with van der Waals surface area (Å²) >= 11 is 0. The van der Waals surface area contributed by atoms with E-state index >= 15 is 0 Å². The van der Waals surface area contributed by atoms with E-state index in [9.17, 15) is 4.79 Å². The Morgan fingerprint density at radius 1 is 1.58 bits per heavy atom. The zero-order chi connectivity index (χ0) is 14.5. The highest BCUT2D eigenvalue weighted by Crippen LogP contribution is 2.21. The van der Waals surface area contributed by atoms with Crippen LogP contribution in [0.3, 0.4) is 0 Å². The lowest BCUT2D eigenvalue weighted by Crippen LogP contribution is -2.48. The van der Waals surface area contributed by atoms with Gasteiger partial charge >= 0.3 is 6.09 Å². The van der Waals surface area contributed by atoms with E-state index in [2.05, 4.69) is 18.2 Å². The Labute approximate surface area is 116 Å². The van der Waals surface area contributed by atoms with Gasteiger partial charge in [-0.25, -0.2) is 4.79 Å². The number of amides is 1. The van der Waals surface area contributed by atoms with Crippen LogP contribution in [0.5, 0.6) is 0 Å². The highest BCUT2D eigenvalue weighted by Gasteiger charge is 2.29. The molecule has 2 unspecified atom stereocenters. The van der Waals surface area contributed by atoms with Gasteiger partial charge in [0.05, 0.1) is 6.54 Å². The Balaban J connectivity index is 2.50. The van der Waals surface area contributed by atoms with E-state index in [1.165, 1.54) is 0 Å². The third kappa shape index (κ3) is 5.52. The van der Waals surface area contributed by atoms with Crippen molar-refractivity contribution in [1.82, 2.24) is 10.2 Å². The number of rotatable bonds is 3. The van der Waals surface area contributed by atoms with Gasteiger partial charge in [-0.1, -0.05) is 5.92 Å². The predicted molar refractivity (Wildman–Crippen MR) is 76.8 cm³/mol. The Morgan fingerprint density at radius 3 is 2.84 bits per heavy atom. The van der Waals surface area contributed by atoms with Crippen molar-refractivity contribution in [2.24, 2.45) is 5.92 Å². The topological polar surface area (TPSA) is 41.6 Å². The molecule has 0 spiro atoms. The van der Waals surface area contributed by atoms with Crippen molar-refractivity contribution in [1.29, 1.82) is 0 Å². The molecule has 1 aliphatic rings. The van der Waals surface area contributed by atoms with Crippen molar-refractivity contribution >= 4 is 6.09 Å². The van der Waals surface area contributed by atoms with Crippen molar-refractivity contribution in [2.75, 3.05) is 19.6 Å². The lowest BCUT2D eigenvalue weighted by atomic mass is 9.92. The average molecular weight is 266 g/mol. The first-order valence-electron chi connectivity index (χ1n) is 6.98. The molecule has 1 N–H and O–H groups in total. The number of hydrogen-bond donors (Lipinski definition) is 1. The van der Waals surface area contributed by atoms with Gasteiger partial charge in [0.15, 0.2) is 0 Å². The summed E-state index contributed by atoms with van der Waals surface area (Å²) in [6.45, 7) is 9.90. The SMILES string of the molecule is C#CCNC(C)C1CCCN(C(=O)OC(C)(C)C)C1. The maximum atomic E-state index is 12.0.